The number of carbonyl (C=O) groups excluding carboxylic acids is 8. The summed E-state index contributed by atoms with van der Waals surface area (Å²) in [6.45, 7) is 8.59. The van der Waals surface area contributed by atoms with E-state index < -0.39 is 109 Å². The highest BCUT2D eigenvalue weighted by molar-refractivity contribution is 5.73. The molecule has 0 aromatic heterocycles. The lowest BCUT2D eigenvalue weighted by atomic mass is 9.88. The first kappa shape index (κ1) is 48.4. The maximum Gasteiger partial charge on any atom is 0.303 e. The van der Waals surface area contributed by atoms with Crippen LogP contribution >= 0.6 is 0 Å². The van der Waals surface area contributed by atoms with Crippen molar-refractivity contribution in [2.75, 3.05) is 13.2 Å². The molecule has 64 heavy (non-hydrogen) atoms. The number of hydrogen-bond acceptors (Lipinski definition) is 18. The van der Waals surface area contributed by atoms with Crippen LogP contribution in [0.2, 0.25) is 0 Å². The molecule has 2 saturated heterocycles. The van der Waals surface area contributed by atoms with E-state index >= 15 is 0 Å². The summed E-state index contributed by atoms with van der Waals surface area (Å²) in [5, 5.41) is 0. The van der Waals surface area contributed by atoms with E-state index in [1.807, 2.05) is 36.4 Å². The summed E-state index contributed by atoms with van der Waals surface area (Å²) < 4.78 is 56.8. The predicted molar refractivity (Wildman–Crippen MR) is 219 cm³/mol. The highest BCUT2D eigenvalue weighted by Crippen LogP contribution is 2.41. The van der Waals surface area contributed by atoms with Gasteiger partial charge in [0.1, 0.15) is 37.6 Å². The first-order valence-corrected chi connectivity index (χ1v) is 20.2. The standard InChI is InChI=1S/C46H50O18/c1-23(47)55-21-37-41(57-25(3)49)45(61-29(7)53)43(59-27(5)51)39(63-37)35-13-9-11-33(19-35)31-15-17-32(18-16-31)34-12-10-14-36(20-34)40-44(60-28(6)52)46(62-30(8)54)42(58-26(4)50)38(64-40)22-56-24(2)48/h9-20,37-46H,21-22H2,1-8H3/t37-,38-,39-,40-,41-,42-,43-,44-,45+,46+/m1/s1. The SMILES string of the molecule is CC(=O)OC[C@H]1O[C@H](c2cccc(-c3ccc(-c4cccc([C@H]5O[C@H](COC(C)=O)[C@@H](OC(C)=O)[C@H](OC(C)=O)[C@@H]5OC(C)=O)c4)cc3)c2)[C@@H](OC(C)=O)[C@@H](OC(C)=O)[C@@H]1OC(C)=O. The topological polar surface area (TPSA) is 229 Å². The van der Waals surface area contributed by atoms with Crippen molar-refractivity contribution >= 4 is 47.8 Å². The number of hydrogen-bond donors (Lipinski definition) is 0. The van der Waals surface area contributed by atoms with E-state index in [1.54, 1.807) is 36.4 Å². The summed E-state index contributed by atoms with van der Waals surface area (Å²) in [5.41, 5.74) is 3.93. The second-order valence-corrected chi connectivity index (χ2v) is 15.1. The summed E-state index contributed by atoms with van der Waals surface area (Å²) >= 11 is 0. The number of rotatable bonds is 14. The fraction of sp³-hybridized carbons (Fsp3) is 0.435. The lowest BCUT2D eigenvalue weighted by molar-refractivity contribution is -0.254. The van der Waals surface area contributed by atoms with Crippen molar-refractivity contribution in [1.29, 1.82) is 0 Å². The minimum Gasteiger partial charge on any atom is -0.463 e. The molecule has 18 nitrogen and oxygen atoms in total. The van der Waals surface area contributed by atoms with Crippen molar-refractivity contribution in [2.24, 2.45) is 0 Å². The van der Waals surface area contributed by atoms with Crippen molar-refractivity contribution in [2.45, 2.75) is 116 Å². The van der Waals surface area contributed by atoms with Crippen molar-refractivity contribution in [3.8, 4) is 22.3 Å². The van der Waals surface area contributed by atoms with Gasteiger partial charge in [0.25, 0.3) is 0 Å². The largest absolute Gasteiger partial charge is 0.463 e. The van der Waals surface area contributed by atoms with Gasteiger partial charge in [-0.2, -0.15) is 0 Å². The van der Waals surface area contributed by atoms with Crippen LogP contribution in [0.5, 0.6) is 0 Å². The average Bonchev–Trinajstić information content (AvgIpc) is 3.21. The highest BCUT2D eigenvalue weighted by Gasteiger charge is 2.54. The Kier molecular flexibility index (Phi) is 16.3. The molecule has 0 radical (unpaired) electrons. The Morgan fingerprint density at radius 2 is 0.672 bits per heavy atom. The lowest BCUT2D eigenvalue weighted by Gasteiger charge is -2.44. The molecular formula is C46H50O18. The molecule has 0 saturated carbocycles. The molecule has 2 heterocycles. The Bertz CT molecular complexity index is 2060. The van der Waals surface area contributed by atoms with Crippen molar-refractivity contribution in [3.05, 3.63) is 83.9 Å². The van der Waals surface area contributed by atoms with Crippen molar-refractivity contribution < 1.29 is 85.7 Å². The van der Waals surface area contributed by atoms with Crippen LogP contribution in [0.4, 0.5) is 0 Å². The Morgan fingerprint density at radius 1 is 0.375 bits per heavy atom. The van der Waals surface area contributed by atoms with Gasteiger partial charge < -0.3 is 47.4 Å². The van der Waals surface area contributed by atoms with Gasteiger partial charge in [-0.1, -0.05) is 60.7 Å². The maximum atomic E-state index is 12.4. The van der Waals surface area contributed by atoms with Gasteiger partial charge in [0.2, 0.25) is 0 Å². The molecule has 2 aliphatic rings. The van der Waals surface area contributed by atoms with Crippen molar-refractivity contribution in [3.63, 3.8) is 0 Å². The van der Waals surface area contributed by atoms with Crippen LogP contribution < -0.4 is 0 Å². The molecule has 5 rings (SSSR count). The maximum absolute atomic E-state index is 12.4. The van der Waals surface area contributed by atoms with E-state index in [4.69, 9.17) is 47.4 Å². The second kappa shape index (κ2) is 21.6. The fourth-order valence-corrected chi connectivity index (χ4v) is 7.64. The molecular weight excluding hydrogens is 840 g/mol. The number of carbonyl (C=O) groups is 8. The lowest BCUT2D eigenvalue weighted by Crippen LogP contribution is -2.59. The fourth-order valence-electron chi connectivity index (χ4n) is 7.64. The average molecular weight is 891 g/mol. The number of benzene rings is 3. The Hall–Kier alpha value is -6.66. The molecule has 342 valence electrons. The summed E-state index contributed by atoms with van der Waals surface area (Å²) in [5.74, 6) is -5.68. The molecule has 2 fully saturated rings. The van der Waals surface area contributed by atoms with Gasteiger partial charge in [0, 0.05) is 55.4 Å². The van der Waals surface area contributed by atoms with E-state index in [9.17, 15) is 38.4 Å². The quantitative estimate of drug-likeness (QED) is 0.159. The molecule has 3 aromatic carbocycles. The monoisotopic (exact) mass is 890 g/mol. The zero-order chi connectivity index (χ0) is 46.8. The van der Waals surface area contributed by atoms with Gasteiger partial charge in [0.05, 0.1) is 0 Å². The van der Waals surface area contributed by atoms with E-state index in [1.165, 1.54) is 27.7 Å². The first-order valence-electron chi connectivity index (χ1n) is 20.2. The molecule has 0 amide bonds. The predicted octanol–water partition coefficient (Wildman–Crippen LogP) is 4.62. The molecule has 0 unspecified atom stereocenters. The normalized spacial score (nSPS) is 25.1. The third-order valence-electron chi connectivity index (χ3n) is 9.96. The smallest absolute Gasteiger partial charge is 0.303 e. The van der Waals surface area contributed by atoms with Crippen molar-refractivity contribution in [1.82, 2.24) is 0 Å². The number of esters is 8. The van der Waals surface area contributed by atoms with Crippen LogP contribution in [-0.4, -0.2) is 110 Å². The second-order valence-electron chi connectivity index (χ2n) is 15.1. The van der Waals surface area contributed by atoms with Crippen LogP contribution in [-0.2, 0) is 85.7 Å². The van der Waals surface area contributed by atoms with Gasteiger partial charge in [-0.05, 0) is 45.5 Å². The molecule has 0 spiro atoms. The third-order valence-corrected chi connectivity index (χ3v) is 9.96. The van der Waals surface area contributed by atoms with Gasteiger partial charge in [-0.15, -0.1) is 0 Å². The molecule has 2 aliphatic heterocycles. The van der Waals surface area contributed by atoms with E-state index in [2.05, 4.69) is 0 Å². The Labute approximate surface area is 368 Å². The summed E-state index contributed by atoms with van der Waals surface area (Å²) in [6, 6.07) is 21.7. The van der Waals surface area contributed by atoms with Crippen LogP contribution in [0.1, 0.15) is 78.7 Å². The summed E-state index contributed by atoms with van der Waals surface area (Å²) in [6.07, 6.45) is -12.3. The Balaban J connectivity index is 1.49. The van der Waals surface area contributed by atoms with Gasteiger partial charge >= 0.3 is 47.8 Å². The van der Waals surface area contributed by atoms with Crippen LogP contribution in [0.3, 0.4) is 0 Å². The molecule has 10 atom stereocenters. The molecule has 0 N–H and O–H groups in total. The summed E-state index contributed by atoms with van der Waals surface area (Å²) in [4.78, 5) is 97.6. The first-order chi connectivity index (χ1) is 30.3. The van der Waals surface area contributed by atoms with E-state index in [-0.39, 0.29) is 13.2 Å². The number of ether oxygens (including phenoxy) is 10. The van der Waals surface area contributed by atoms with E-state index in [0.717, 1.165) is 38.8 Å². The van der Waals surface area contributed by atoms with Gasteiger partial charge in [-0.25, -0.2) is 0 Å². The minimum absolute atomic E-state index is 0.371. The van der Waals surface area contributed by atoms with Crippen LogP contribution in [0.25, 0.3) is 22.3 Å². The highest BCUT2D eigenvalue weighted by atomic mass is 16.7. The molecule has 0 aliphatic carbocycles. The van der Waals surface area contributed by atoms with Gasteiger partial charge in [-0.3, -0.25) is 38.4 Å². The zero-order valence-electron chi connectivity index (χ0n) is 36.5. The van der Waals surface area contributed by atoms with Crippen LogP contribution in [0, 0.1) is 0 Å². The van der Waals surface area contributed by atoms with Crippen LogP contribution in [0.15, 0.2) is 72.8 Å². The van der Waals surface area contributed by atoms with E-state index in [0.29, 0.717) is 22.3 Å². The summed E-state index contributed by atoms with van der Waals surface area (Å²) in [7, 11) is 0. The zero-order valence-corrected chi connectivity index (χ0v) is 36.5. The third kappa shape index (κ3) is 12.7. The molecule has 0 bridgehead atoms. The molecule has 3 aromatic rings. The van der Waals surface area contributed by atoms with Gasteiger partial charge in [0.15, 0.2) is 36.6 Å². The minimum atomic E-state index is -1.34. The molecule has 18 heteroatoms. The Morgan fingerprint density at radius 3 is 0.969 bits per heavy atom.